The Labute approximate surface area is 164 Å². The van der Waals surface area contributed by atoms with Crippen LogP contribution in [-0.4, -0.2) is 44.9 Å². The number of ether oxygens (including phenoxy) is 1. The van der Waals surface area contributed by atoms with Crippen molar-refractivity contribution in [2.45, 2.75) is 11.1 Å². The van der Waals surface area contributed by atoms with E-state index in [0.717, 1.165) is 34.6 Å². The van der Waals surface area contributed by atoms with E-state index >= 15 is 0 Å². The Kier molecular flexibility index (Phi) is 5.92. The van der Waals surface area contributed by atoms with Crippen molar-refractivity contribution in [3.05, 3.63) is 59.4 Å². The molecule has 1 aliphatic rings. The van der Waals surface area contributed by atoms with Gasteiger partial charge in [0.25, 0.3) is 5.91 Å². The SMILES string of the molecule is O=C(Nc1cccc(C(F)(F)F)c1)c1cc(S(=O)(=O)N2CCOCC2)ccc1F. The summed E-state index contributed by atoms with van der Waals surface area (Å²) in [6.07, 6.45) is -4.61. The van der Waals surface area contributed by atoms with Gasteiger partial charge >= 0.3 is 6.18 Å². The number of hydrogen-bond acceptors (Lipinski definition) is 4. The van der Waals surface area contributed by atoms with Gasteiger partial charge in [0.15, 0.2) is 0 Å². The number of nitrogens with one attached hydrogen (secondary N) is 1. The standard InChI is InChI=1S/C18H16F4N2O4S/c19-16-5-4-14(29(26,27)24-6-8-28-9-7-24)11-15(16)17(25)23-13-3-1-2-12(10-13)18(20,21)22/h1-5,10-11H,6-9H2,(H,23,25). The Morgan fingerprint density at radius 1 is 1.07 bits per heavy atom. The molecule has 0 aliphatic carbocycles. The molecule has 2 aromatic carbocycles. The predicted octanol–water partition coefficient (Wildman–Crippen LogP) is 3.12. The van der Waals surface area contributed by atoms with E-state index in [-0.39, 0.29) is 36.9 Å². The molecule has 0 spiro atoms. The quantitative estimate of drug-likeness (QED) is 0.754. The number of amides is 1. The minimum atomic E-state index is -4.61. The zero-order valence-electron chi connectivity index (χ0n) is 14.9. The van der Waals surface area contributed by atoms with Crippen molar-refractivity contribution in [2.24, 2.45) is 0 Å². The molecule has 1 N–H and O–H groups in total. The topological polar surface area (TPSA) is 75.7 Å². The molecule has 1 aliphatic heterocycles. The fourth-order valence-electron chi connectivity index (χ4n) is 2.75. The maximum absolute atomic E-state index is 14.2. The Bertz CT molecular complexity index is 1020. The lowest BCUT2D eigenvalue weighted by Gasteiger charge is -2.26. The van der Waals surface area contributed by atoms with Crippen LogP contribution >= 0.6 is 0 Å². The third-order valence-corrected chi connectivity index (χ3v) is 6.13. The summed E-state index contributed by atoms with van der Waals surface area (Å²) >= 11 is 0. The van der Waals surface area contributed by atoms with Gasteiger partial charge in [-0.1, -0.05) is 6.07 Å². The van der Waals surface area contributed by atoms with Crippen molar-refractivity contribution in [3.63, 3.8) is 0 Å². The zero-order valence-corrected chi connectivity index (χ0v) is 15.7. The molecule has 6 nitrogen and oxygen atoms in total. The molecule has 2 aromatic rings. The predicted molar refractivity (Wildman–Crippen MR) is 95.4 cm³/mol. The van der Waals surface area contributed by atoms with Crippen LogP contribution in [0.5, 0.6) is 0 Å². The number of morpholine rings is 1. The Hall–Kier alpha value is -2.50. The monoisotopic (exact) mass is 432 g/mol. The van der Waals surface area contributed by atoms with E-state index in [4.69, 9.17) is 4.74 Å². The van der Waals surface area contributed by atoms with E-state index in [2.05, 4.69) is 5.32 Å². The van der Waals surface area contributed by atoms with Crippen LogP contribution in [-0.2, 0) is 20.9 Å². The van der Waals surface area contributed by atoms with Gasteiger partial charge in [0.05, 0.1) is 29.2 Å². The Morgan fingerprint density at radius 3 is 2.41 bits per heavy atom. The first kappa shape index (κ1) is 21.2. The zero-order chi connectivity index (χ0) is 21.2. The fourth-order valence-corrected chi connectivity index (χ4v) is 4.18. The lowest BCUT2D eigenvalue weighted by Crippen LogP contribution is -2.40. The smallest absolute Gasteiger partial charge is 0.379 e. The van der Waals surface area contributed by atoms with Crippen molar-refractivity contribution in [1.82, 2.24) is 4.31 Å². The van der Waals surface area contributed by atoms with E-state index in [1.54, 1.807) is 0 Å². The number of carbonyl (C=O) groups excluding carboxylic acids is 1. The van der Waals surface area contributed by atoms with Crippen molar-refractivity contribution >= 4 is 21.6 Å². The highest BCUT2D eigenvalue weighted by atomic mass is 32.2. The number of nitrogens with zero attached hydrogens (tertiary/aromatic N) is 1. The second-order valence-electron chi connectivity index (χ2n) is 6.19. The van der Waals surface area contributed by atoms with Gasteiger partial charge in [-0.25, -0.2) is 12.8 Å². The van der Waals surface area contributed by atoms with Crippen LogP contribution in [0, 0.1) is 5.82 Å². The second kappa shape index (κ2) is 8.09. The summed E-state index contributed by atoms with van der Waals surface area (Å²) < 4.78 is 84.2. The number of halogens is 4. The number of hydrogen-bond donors (Lipinski definition) is 1. The minimum absolute atomic E-state index is 0.117. The normalized spacial score (nSPS) is 15.9. The molecule has 1 fully saturated rings. The fraction of sp³-hybridized carbons (Fsp3) is 0.278. The van der Waals surface area contributed by atoms with E-state index in [1.165, 1.54) is 6.07 Å². The molecule has 0 bridgehead atoms. The van der Waals surface area contributed by atoms with Crippen molar-refractivity contribution < 1.29 is 35.5 Å². The second-order valence-corrected chi connectivity index (χ2v) is 8.13. The molecular formula is C18H16F4N2O4S. The molecule has 11 heteroatoms. The number of benzene rings is 2. The molecule has 0 aromatic heterocycles. The number of alkyl halides is 3. The summed E-state index contributed by atoms with van der Waals surface area (Å²) in [4.78, 5) is 12.1. The Morgan fingerprint density at radius 2 is 1.76 bits per heavy atom. The largest absolute Gasteiger partial charge is 0.416 e. The number of sulfonamides is 1. The van der Waals surface area contributed by atoms with Crippen LogP contribution in [0.4, 0.5) is 23.2 Å². The maximum Gasteiger partial charge on any atom is 0.416 e. The summed E-state index contributed by atoms with van der Waals surface area (Å²) in [6.45, 7) is 0.656. The van der Waals surface area contributed by atoms with Gasteiger partial charge in [-0.15, -0.1) is 0 Å². The third-order valence-electron chi connectivity index (χ3n) is 4.24. The first-order valence-corrected chi connectivity index (χ1v) is 9.89. The summed E-state index contributed by atoms with van der Waals surface area (Å²) in [5, 5.41) is 2.16. The molecule has 1 heterocycles. The molecule has 0 unspecified atom stereocenters. The van der Waals surface area contributed by atoms with Gasteiger partial charge in [-0.3, -0.25) is 4.79 Å². The summed E-state index contributed by atoms with van der Waals surface area (Å²) in [5.41, 5.74) is -1.79. The van der Waals surface area contributed by atoms with Gasteiger partial charge in [-0.05, 0) is 36.4 Å². The Balaban J connectivity index is 1.87. The van der Waals surface area contributed by atoms with Crippen LogP contribution < -0.4 is 5.32 Å². The van der Waals surface area contributed by atoms with Crippen molar-refractivity contribution in [3.8, 4) is 0 Å². The molecule has 156 valence electrons. The molecule has 0 atom stereocenters. The highest BCUT2D eigenvalue weighted by Gasteiger charge is 2.31. The van der Waals surface area contributed by atoms with E-state index in [0.29, 0.717) is 6.07 Å². The van der Waals surface area contributed by atoms with Crippen LogP contribution in [0.25, 0.3) is 0 Å². The van der Waals surface area contributed by atoms with Gasteiger partial charge in [0.1, 0.15) is 5.82 Å². The highest BCUT2D eigenvalue weighted by molar-refractivity contribution is 7.89. The van der Waals surface area contributed by atoms with Crippen molar-refractivity contribution in [1.29, 1.82) is 0 Å². The van der Waals surface area contributed by atoms with Crippen molar-refractivity contribution in [2.75, 3.05) is 31.6 Å². The summed E-state index contributed by atoms with van der Waals surface area (Å²) in [7, 11) is -3.98. The third kappa shape index (κ3) is 4.74. The van der Waals surface area contributed by atoms with Crippen LogP contribution in [0.15, 0.2) is 47.4 Å². The van der Waals surface area contributed by atoms with Gasteiger partial charge in [0, 0.05) is 18.8 Å². The van der Waals surface area contributed by atoms with Gasteiger partial charge in [0.2, 0.25) is 10.0 Å². The maximum atomic E-state index is 14.2. The van der Waals surface area contributed by atoms with E-state index in [1.807, 2.05) is 0 Å². The molecule has 1 saturated heterocycles. The first-order valence-electron chi connectivity index (χ1n) is 8.45. The lowest BCUT2D eigenvalue weighted by atomic mass is 10.1. The molecule has 1 amide bonds. The van der Waals surface area contributed by atoms with E-state index in [9.17, 15) is 30.8 Å². The minimum Gasteiger partial charge on any atom is -0.379 e. The summed E-state index contributed by atoms with van der Waals surface area (Å²) in [6, 6.07) is 6.54. The molecule has 0 radical (unpaired) electrons. The lowest BCUT2D eigenvalue weighted by molar-refractivity contribution is -0.137. The molecule has 3 rings (SSSR count). The average Bonchev–Trinajstić information content (AvgIpc) is 2.68. The number of rotatable bonds is 4. The van der Waals surface area contributed by atoms with Gasteiger partial charge in [-0.2, -0.15) is 17.5 Å². The van der Waals surface area contributed by atoms with Crippen LogP contribution in [0.1, 0.15) is 15.9 Å². The van der Waals surface area contributed by atoms with Crippen LogP contribution in [0.3, 0.4) is 0 Å². The molecule has 0 saturated carbocycles. The van der Waals surface area contributed by atoms with Gasteiger partial charge < -0.3 is 10.1 Å². The van der Waals surface area contributed by atoms with Crippen LogP contribution in [0.2, 0.25) is 0 Å². The molecule has 29 heavy (non-hydrogen) atoms. The number of anilines is 1. The molecular weight excluding hydrogens is 416 g/mol. The average molecular weight is 432 g/mol. The summed E-state index contributed by atoms with van der Waals surface area (Å²) in [5.74, 6) is -2.07. The number of carbonyl (C=O) groups is 1. The highest BCUT2D eigenvalue weighted by Crippen LogP contribution is 2.31. The first-order chi connectivity index (χ1) is 13.6. The van der Waals surface area contributed by atoms with E-state index < -0.39 is 39.1 Å².